The van der Waals surface area contributed by atoms with Crippen LogP contribution in [0.15, 0.2) is 29.3 Å². The zero-order valence-corrected chi connectivity index (χ0v) is 17.4. The van der Waals surface area contributed by atoms with Gasteiger partial charge < -0.3 is 20.1 Å². The number of fused-ring (bicyclic) bond motifs is 2. The normalized spacial score (nSPS) is 33.2. The molecule has 1 aromatic carbocycles. The summed E-state index contributed by atoms with van der Waals surface area (Å²) in [6.07, 6.45) is 4.90. The van der Waals surface area contributed by atoms with E-state index in [-0.39, 0.29) is 0 Å². The molecule has 6 heteroatoms. The first-order valence-corrected chi connectivity index (χ1v) is 10.7. The molecule has 6 nitrogen and oxygen atoms in total. The Morgan fingerprint density at radius 2 is 1.79 bits per heavy atom. The summed E-state index contributed by atoms with van der Waals surface area (Å²) in [5.41, 5.74) is 2.62. The minimum absolute atomic E-state index is 0.312. The van der Waals surface area contributed by atoms with Gasteiger partial charge in [0.1, 0.15) is 0 Å². The number of nitrogens with one attached hydrogen (secondary N) is 2. The fraction of sp³-hybridized carbons (Fsp3) is 0.682. The smallest absolute Gasteiger partial charge is 0.191 e. The molecule has 4 rings (SSSR count). The van der Waals surface area contributed by atoms with Crippen LogP contribution in [0.2, 0.25) is 0 Å². The highest BCUT2D eigenvalue weighted by Crippen LogP contribution is 2.34. The first-order valence-electron chi connectivity index (χ1n) is 10.7. The lowest BCUT2D eigenvalue weighted by molar-refractivity contribution is -0.0704. The number of rotatable bonds is 5. The molecule has 154 valence electrons. The Kier molecular flexibility index (Phi) is 6.19. The monoisotopic (exact) mass is 386 g/mol. The van der Waals surface area contributed by atoms with Crippen LogP contribution in [-0.4, -0.2) is 61.5 Å². The molecule has 0 aliphatic carbocycles. The van der Waals surface area contributed by atoms with Gasteiger partial charge in [0.15, 0.2) is 5.96 Å². The molecule has 28 heavy (non-hydrogen) atoms. The molecule has 5 atom stereocenters. The summed E-state index contributed by atoms with van der Waals surface area (Å²) >= 11 is 0. The molecule has 3 fully saturated rings. The van der Waals surface area contributed by atoms with Crippen molar-refractivity contribution in [3.8, 4) is 0 Å². The number of hydrogen-bond donors (Lipinski definition) is 2. The van der Waals surface area contributed by atoms with Crippen molar-refractivity contribution in [2.45, 2.75) is 76.7 Å². The lowest BCUT2D eigenvalue weighted by Crippen LogP contribution is -2.47. The first kappa shape index (κ1) is 19.7. The Morgan fingerprint density at radius 3 is 2.39 bits per heavy atom. The van der Waals surface area contributed by atoms with E-state index in [4.69, 9.17) is 9.47 Å². The molecule has 0 amide bonds. The van der Waals surface area contributed by atoms with Gasteiger partial charge in [0.25, 0.3) is 0 Å². The standard InChI is InChI=1S/C22H34N4O2/c1-15-12-26(13-16(2)27-15)14-18-6-4-17(5-7-18)11-24-22(23-3)25-20-10-19-8-9-21(20)28-19/h4-7,15-16,19-21H,8-14H2,1-3H3,(H2,23,24,25). The predicted molar refractivity (Wildman–Crippen MR) is 111 cm³/mol. The predicted octanol–water partition coefficient (Wildman–Crippen LogP) is 2.28. The second-order valence-corrected chi connectivity index (χ2v) is 8.55. The molecule has 0 radical (unpaired) electrons. The average molecular weight is 387 g/mol. The summed E-state index contributed by atoms with van der Waals surface area (Å²) in [5, 5.41) is 6.98. The SMILES string of the molecule is CN=C(NCc1ccc(CN2CC(C)OC(C)C2)cc1)NC1CC2CCC1O2. The zero-order chi connectivity index (χ0) is 19.5. The molecule has 5 unspecified atom stereocenters. The van der Waals surface area contributed by atoms with Crippen molar-refractivity contribution in [1.82, 2.24) is 15.5 Å². The van der Waals surface area contributed by atoms with Crippen LogP contribution < -0.4 is 10.6 Å². The second-order valence-electron chi connectivity index (χ2n) is 8.55. The van der Waals surface area contributed by atoms with Gasteiger partial charge >= 0.3 is 0 Å². The Hall–Kier alpha value is -1.63. The lowest BCUT2D eigenvalue weighted by Gasteiger charge is -2.35. The third-order valence-electron chi connectivity index (χ3n) is 6.04. The third kappa shape index (κ3) is 4.85. The molecule has 0 aromatic heterocycles. The van der Waals surface area contributed by atoms with Crippen molar-refractivity contribution in [3.63, 3.8) is 0 Å². The first-order chi connectivity index (χ1) is 13.6. The third-order valence-corrected chi connectivity index (χ3v) is 6.04. The van der Waals surface area contributed by atoms with Gasteiger partial charge in [-0.25, -0.2) is 0 Å². The highest BCUT2D eigenvalue weighted by Gasteiger charge is 2.41. The largest absolute Gasteiger partial charge is 0.373 e. The van der Waals surface area contributed by atoms with Crippen LogP contribution in [0, 0.1) is 0 Å². The maximum atomic E-state index is 5.92. The molecule has 0 spiro atoms. The molecule has 1 aromatic rings. The summed E-state index contributed by atoms with van der Waals surface area (Å²) < 4.78 is 11.8. The van der Waals surface area contributed by atoms with Gasteiger partial charge in [-0.1, -0.05) is 24.3 Å². The summed E-state index contributed by atoms with van der Waals surface area (Å²) in [7, 11) is 1.83. The van der Waals surface area contributed by atoms with Crippen LogP contribution in [0.25, 0.3) is 0 Å². The Labute approximate surface area is 168 Å². The summed E-state index contributed by atoms with van der Waals surface area (Å²) in [6.45, 7) is 8.07. The van der Waals surface area contributed by atoms with E-state index in [0.717, 1.165) is 38.6 Å². The number of guanidine groups is 1. The van der Waals surface area contributed by atoms with Crippen molar-refractivity contribution in [3.05, 3.63) is 35.4 Å². The fourth-order valence-electron chi connectivity index (χ4n) is 4.78. The van der Waals surface area contributed by atoms with Crippen molar-refractivity contribution < 1.29 is 9.47 Å². The number of nitrogens with zero attached hydrogens (tertiary/aromatic N) is 2. The number of aliphatic imine (C=N–C) groups is 1. The van der Waals surface area contributed by atoms with Crippen molar-refractivity contribution >= 4 is 5.96 Å². The summed E-state index contributed by atoms with van der Waals surface area (Å²) in [6, 6.07) is 9.29. The minimum Gasteiger partial charge on any atom is -0.373 e. The van der Waals surface area contributed by atoms with Crippen LogP contribution >= 0.6 is 0 Å². The van der Waals surface area contributed by atoms with E-state index in [0.29, 0.717) is 30.5 Å². The van der Waals surface area contributed by atoms with E-state index in [1.54, 1.807) is 0 Å². The molecule has 3 heterocycles. The Bertz CT molecular complexity index is 668. The van der Waals surface area contributed by atoms with E-state index < -0.39 is 0 Å². The van der Waals surface area contributed by atoms with Gasteiger partial charge in [0, 0.05) is 33.2 Å². The highest BCUT2D eigenvalue weighted by molar-refractivity contribution is 5.80. The fourth-order valence-corrected chi connectivity index (χ4v) is 4.78. The van der Waals surface area contributed by atoms with E-state index in [1.165, 1.54) is 24.0 Å². The average Bonchev–Trinajstić information content (AvgIpc) is 3.28. The molecule has 3 saturated heterocycles. The highest BCUT2D eigenvalue weighted by atomic mass is 16.5. The van der Waals surface area contributed by atoms with E-state index >= 15 is 0 Å². The lowest BCUT2D eigenvalue weighted by atomic mass is 9.96. The van der Waals surface area contributed by atoms with E-state index in [2.05, 4.69) is 58.6 Å². The topological polar surface area (TPSA) is 58.1 Å². The van der Waals surface area contributed by atoms with Crippen molar-refractivity contribution in [2.75, 3.05) is 20.1 Å². The maximum absolute atomic E-state index is 5.92. The molecule has 2 N–H and O–H groups in total. The number of benzene rings is 1. The summed E-state index contributed by atoms with van der Waals surface area (Å²) in [4.78, 5) is 6.86. The Balaban J connectivity index is 1.24. The van der Waals surface area contributed by atoms with Gasteiger partial charge in [-0.2, -0.15) is 0 Å². The van der Waals surface area contributed by atoms with Crippen LogP contribution in [-0.2, 0) is 22.6 Å². The zero-order valence-electron chi connectivity index (χ0n) is 17.4. The number of ether oxygens (including phenoxy) is 2. The van der Waals surface area contributed by atoms with Gasteiger partial charge in [0.05, 0.1) is 30.5 Å². The van der Waals surface area contributed by atoms with E-state index in [1.807, 2.05) is 7.05 Å². The van der Waals surface area contributed by atoms with Gasteiger partial charge in [0.2, 0.25) is 0 Å². The molecule has 2 bridgehead atoms. The van der Waals surface area contributed by atoms with Crippen molar-refractivity contribution in [1.29, 1.82) is 0 Å². The van der Waals surface area contributed by atoms with E-state index in [9.17, 15) is 0 Å². The maximum Gasteiger partial charge on any atom is 0.191 e. The minimum atomic E-state index is 0.312. The quantitative estimate of drug-likeness (QED) is 0.601. The van der Waals surface area contributed by atoms with Crippen LogP contribution in [0.5, 0.6) is 0 Å². The van der Waals surface area contributed by atoms with Crippen LogP contribution in [0.1, 0.15) is 44.2 Å². The van der Waals surface area contributed by atoms with Gasteiger partial charge in [-0.05, 0) is 44.2 Å². The van der Waals surface area contributed by atoms with Crippen molar-refractivity contribution in [2.24, 2.45) is 4.99 Å². The second kappa shape index (κ2) is 8.80. The van der Waals surface area contributed by atoms with Gasteiger partial charge in [-0.15, -0.1) is 0 Å². The number of hydrogen-bond acceptors (Lipinski definition) is 4. The molecule has 0 saturated carbocycles. The molecular formula is C22H34N4O2. The van der Waals surface area contributed by atoms with Crippen LogP contribution in [0.4, 0.5) is 0 Å². The molecule has 3 aliphatic heterocycles. The summed E-state index contributed by atoms with van der Waals surface area (Å²) in [5.74, 6) is 0.863. The Morgan fingerprint density at radius 1 is 1.07 bits per heavy atom. The molecule has 3 aliphatic rings. The molecular weight excluding hydrogens is 352 g/mol. The number of morpholine rings is 1. The van der Waals surface area contributed by atoms with Gasteiger partial charge in [-0.3, -0.25) is 9.89 Å². The van der Waals surface area contributed by atoms with Crippen LogP contribution in [0.3, 0.4) is 0 Å².